The summed E-state index contributed by atoms with van der Waals surface area (Å²) in [6.45, 7) is 3.98. The molecule has 0 saturated carbocycles. The molecule has 1 aliphatic heterocycles. The number of anilines is 1. The molecule has 1 atom stereocenters. The number of para-hydroxylation sites is 1. The van der Waals surface area contributed by atoms with Crippen LogP contribution in [0.3, 0.4) is 0 Å². The van der Waals surface area contributed by atoms with Gasteiger partial charge in [0, 0.05) is 12.6 Å². The van der Waals surface area contributed by atoms with Gasteiger partial charge in [-0.05, 0) is 19.4 Å². The van der Waals surface area contributed by atoms with Crippen molar-refractivity contribution in [2.45, 2.75) is 39.2 Å². The molecular formula is C16H21NO2. The lowest BCUT2D eigenvalue weighted by Gasteiger charge is -2.31. The van der Waals surface area contributed by atoms with Crippen LogP contribution in [0.2, 0.25) is 0 Å². The Morgan fingerprint density at radius 1 is 1.42 bits per heavy atom. The highest BCUT2D eigenvalue weighted by Gasteiger charge is 2.29. The van der Waals surface area contributed by atoms with Crippen LogP contribution in [0.5, 0.6) is 5.75 Å². The molecule has 1 heterocycles. The third-order valence-electron chi connectivity index (χ3n) is 3.38. The molecule has 0 N–H and O–H groups in total. The second kappa shape index (κ2) is 5.91. The highest BCUT2D eigenvalue weighted by molar-refractivity contribution is 6.00. The van der Waals surface area contributed by atoms with Crippen LogP contribution in [-0.4, -0.2) is 19.1 Å². The van der Waals surface area contributed by atoms with Gasteiger partial charge >= 0.3 is 0 Å². The summed E-state index contributed by atoms with van der Waals surface area (Å²) in [5.41, 5.74) is 1.89. The first kappa shape index (κ1) is 13.7. The quantitative estimate of drug-likeness (QED) is 0.773. The largest absolute Gasteiger partial charge is 0.478 e. The SMILES string of the molecule is CCCC/C=C/c1cccc2c1OC(C)C(=O)N2C. The molecule has 2 rings (SSSR count). The molecule has 0 aliphatic carbocycles. The topological polar surface area (TPSA) is 29.5 Å². The van der Waals surface area contributed by atoms with E-state index in [-0.39, 0.29) is 5.91 Å². The number of nitrogens with zero attached hydrogens (tertiary/aromatic N) is 1. The molecule has 3 nitrogen and oxygen atoms in total. The van der Waals surface area contributed by atoms with Crippen LogP contribution >= 0.6 is 0 Å². The van der Waals surface area contributed by atoms with E-state index in [1.807, 2.05) is 18.2 Å². The number of carbonyl (C=O) groups excluding carboxylic acids is 1. The fraction of sp³-hybridized carbons (Fsp3) is 0.438. The number of unbranched alkanes of at least 4 members (excludes halogenated alkanes) is 2. The number of amides is 1. The lowest BCUT2D eigenvalue weighted by molar-refractivity contribution is -0.125. The molecular weight excluding hydrogens is 238 g/mol. The minimum absolute atomic E-state index is 0.000359. The lowest BCUT2D eigenvalue weighted by atomic mass is 10.1. The van der Waals surface area contributed by atoms with Crippen LogP contribution in [0.4, 0.5) is 5.69 Å². The van der Waals surface area contributed by atoms with E-state index in [2.05, 4.69) is 19.1 Å². The molecule has 0 radical (unpaired) electrons. The maximum absolute atomic E-state index is 11.9. The van der Waals surface area contributed by atoms with Gasteiger partial charge in [-0.1, -0.05) is 44.1 Å². The van der Waals surface area contributed by atoms with Gasteiger partial charge in [0.1, 0.15) is 0 Å². The predicted octanol–water partition coefficient (Wildman–Crippen LogP) is 3.63. The van der Waals surface area contributed by atoms with E-state index in [0.29, 0.717) is 0 Å². The Bertz CT molecular complexity index is 494. The zero-order valence-electron chi connectivity index (χ0n) is 11.8. The summed E-state index contributed by atoms with van der Waals surface area (Å²) >= 11 is 0. The van der Waals surface area contributed by atoms with Crippen LogP contribution in [0.25, 0.3) is 6.08 Å². The molecule has 102 valence electrons. The average molecular weight is 259 g/mol. The van der Waals surface area contributed by atoms with Crippen LogP contribution < -0.4 is 9.64 Å². The normalized spacial score (nSPS) is 18.6. The van der Waals surface area contributed by atoms with E-state index in [1.54, 1.807) is 18.9 Å². The minimum atomic E-state index is -0.414. The molecule has 0 aromatic heterocycles. The Morgan fingerprint density at radius 3 is 2.95 bits per heavy atom. The van der Waals surface area contributed by atoms with Crippen LogP contribution in [0, 0.1) is 0 Å². The number of hydrogen-bond acceptors (Lipinski definition) is 2. The van der Waals surface area contributed by atoms with Crippen molar-refractivity contribution in [1.29, 1.82) is 0 Å². The molecule has 1 aliphatic rings. The predicted molar refractivity (Wildman–Crippen MR) is 78.5 cm³/mol. The average Bonchev–Trinajstić information content (AvgIpc) is 2.42. The summed E-state index contributed by atoms with van der Waals surface area (Å²) in [6, 6.07) is 5.90. The van der Waals surface area contributed by atoms with Crippen LogP contribution in [0.15, 0.2) is 24.3 Å². The second-order valence-corrected chi connectivity index (χ2v) is 4.90. The van der Waals surface area contributed by atoms with Gasteiger partial charge in [-0.2, -0.15) is 0 Å². The summed E-state index contributed by atoms with van der Waals surface area (Å²) in [7, 11) is 1.80. The highest BCUT2D eigenvalue weighted by Crippen LogP contribution is 2.36. The van der Waals surface area contributed by atoms with Crippen molar-refractivity contribution in [2.75, 3.05) is 11.9 Å². The molecule has 0 bridgehead atoms. The number of rotatable bonds is 4. The highest BCUT2D eigenvalue weighted by atomic mass is 16.5. The van der Waals surface area contributed by atoms with E-state index in [1.165, 1.54) is 12.8 Å². The summed E-state index contributed by atoms with van der Waals surface area (Å²) in [5.74, 6) is 0.810. The molecule has 1 amide bonds. The van der Waals surface area contributed by atoms with Crippen LogP contribution in [-0.2, 0) is 4.79 Å². The first-order valence-electron chi connectivity index (χ1n) is 6.89. The van der Waals surface area contributed by atoms with Crippen molar-refractivity contribution >= 4 is 17.7 Å². The summed E-state index contributed by atoms with van der Waals surface area (Å²) in [4.78, 5) is 13.6. The van der Waals surface area contributed by atoms with E-state index in [9.17, 15) is 4.79 Å². The van der Waals surface area contributed by atoms with Crippen LogP contribution in [0.1, 0.15) is 38.7 Å². The fourth-order valence-corrected chi connectivity index (χ4v) is 2.22. The number of hydrogen-bond donors (Lipinski definition) is 0. The Kier molecular flexibility index (Phi) is 4.25. The first-order valence-corrected chi connectivity index (χ1v) is 6.89. The molecule has 1 aromatic carbocycles. The van der Waals surface area contributed by atoms with E-state index in [0.717, 1.165) is 23.4 Å². The molecule has 3 heteroatoms. The third-order valence-corrected chi connectivity index (χ3v) is 3.38. The number of fused-ring (bicyclic) bond motifs is 1. The minimum Gasteiger partial charge on any atom is -0.478 e. The van der Waals surface area contributed by atoms with Gasteiger partial charge in [-0.3, -0.25) is 4.79 Å². The standard InChI is InChI=1S/C16H21NO2/c1-4-5-6-7-9-13-10-8-11-14-15(13)19-12(2)16(18)17(14)3/h7-12H,4-6H2,1-3H3/b9-7+. The van der Waals surface area contributed by atoms with Crippen molar-refractivity contribution < 1.29 is 9.53 Å². The van der Waals surface area contributed by atoms with Gasteiger partial charge in [0.15, 0.2) is 11.9 Å². The second-order valence-electron chi connectivity index (χ2n) is 4.90. The first-order chi connectivity index (χ1) is 9.15. The monoisotopic (exact) mass is 259 g/mol. The summed E-state index contributed by atoms with van der Waals surface area (Å²) in [6.07, 6.45) is 7.31. The van der Waals surface area contributed by atoms with Gasteiger partial charge in [-0.25, -0.2) is 0 Å². The Morgan fingerprint density at radius 2 is 2.21 bits per heavy atom. The molecule has 19 heavy (non-hydrogen) atoms. The Balaban J connectivity index is 2.28. The van der Waals surface area contributed by atoms with Crippen molar-refractivity contribution in [3.63, 3.8) is 0 Å². The van der Waals surface area contributed by atoms with E-state index < -0.39 is 6.10 Å². The lowest BCUT2D eigenvalue weighted by Crippen LogP contribution is -2.42. The van der Waals surface area contributed by atoms with Crippen molar-refractivity contribution in [2.24, 2.45) is 0 Å². The van der Waals surface area contributed by atoms with Gasteiger partial charge in [0.05, 0.1) is 5.69 Å². The van der Waals surface area contributed by atoms with Crippen molar-refractivity contribution in [3.8, 4) is 5.75 Å². The maximum atomic E-state index is 11.9. The zero-order valence-corrected chi connectivity index (χ0v) is 11.8. The Labute approximate surface area is 114 Å². The smallest absolute Gasteiger partial charge is 0.267 e. The maximum Gasteiger partial charge on any atom is 0.267 e. The van der Waals surface area contributed by atoms with Gasteiger partial charge in [0.25, 0.3) is 5.91 Å². The molecule has 0 spiro atoms. The molecule has 0 saturated heterocycles. The van der Waals surface area contributed by atoms with Crippen molar-refractivity contribution in [3.05, 3.63) is 29.8 Å². The Hall–Kier alpha value is -1.77. The van der Waals surface area contributed by atoms with Crippen molar-refractivity contribution in [1.82, 2.24) is 0 Å². The number of benzene rings is 1. The third kappa shape index (κ3) is 2.80. The molecule has 1 unspecified atom stereocenters. The number of ether oxygens (including phenoxy) is 1. The number of likely N-dealkylation sites (N-methyl/N-ethyl adjacent to an activating group) is 1. The number of allylic oxidation sites excluding steroid dienone is 1. The molecule has 1 aromatic rings. The van der Waals surface area contributed by atoms with Gasteiger partial charge in [-0.15, -0.1) is 0 Å². The molecule has 0 fully saturated rings. The van der Waals surface area contributed by atoms with E-state index in [4.69, 9.17) is 4.74 Å². The van der Waals surface area contributed by atoms with E-state index >= 15 is 0 Å². The van der Waals surface area contributed by atoms with Gasteiger partial charge < -0.3 is 9.64 Å². The summed E-state index contributed by atoms with van der Waals surface area (Å²) in [5, 5.41) is 0. The number of carbonyl (C=O) groups is 1. The zero-order chi connectivity index (χ0) is 13.8. The fourth-order valence-electron chi connectivity index (χ4n) is 2.22. The van der Waals surface area contributed by atoms with Gasteiger partial charge in [0.2, 0.25) is 0 Å². The summed E-state index contributed by atoms with van der Waals surface area (Å²) < 4.78 is 5.76.